The van der Waals surface area contributed by atoms with E-state index in [0.717, 1.165) is 11.4 Å². The highest BCUT2D eigenvalue weighted by atomic mass is 32.2. The predicted octanol–water partition coefficient (Wildman–Crippen LogP) is -3.25. The van der Waals surface area contributed by atoms with E-state index >= 15 is 0 Å². The van der Waals surface area contributed by atoms with E-state index in [1.807, 2.05) is 6.26 Å². The van der Waals surface area contributed by atoms with Crippen LogP contribution in [0.15, 0.2) is 17.5 Å². The summed E-state index contributed by atoms with van der Waals surface area (Å²) in [5, 5.41) is 41.6. The molecule has 1 aromatic heterocycles. The first kappa shape index (κ1) is 41.0. The van der Waals surface area contributed by atoms with Gasteiger partial charge in [-0.1, -0.05) is 0 Å². The molecule has 18 nitrogen and oxygen atoms in total. The molecule has 19 heteroatoms. The molecule has 0 unspecified atom stereocenters. The van der Waals surface area contributed by atoms with Crippen LogP contribution >= 0.6 is 11.8 Å². The summed E-state index contributed by atoms with van der Waals surface area (Å²) in [6.07, 6.45) is 5.79. The molecule has 0 bridgehead atoms. The van der Waals surface area contributed by atoms with E-state index in [9.17, 15) is 19.2 Å². The van der Waals surface area contributed by atoms with Gasteiger partial charge in [-0.25, -0.2) is 4.98 Å². The lowest BCUT2D eigenvalue weighted by Gasteiger charge is -2.06. The SMILES string of the molecule is CSCC[C@H](N)C(=O)O.C[C@@H](O)[C@H](N)C(=O)O.NC(N)=NCCC[C@H](N)C(=O)O.N[C@@H](Cc1cnc[nH]1)C(=O)O. The Morgan fingerprint density at radius 3 is 1.75 bits per heavy atom. The Hall–Kier alpha value is -3.49. The number of aromatic amines is 1. The number of carboxylic acid groups (broad SMARTS) is 4. The molecular weight excluding hydrogens is 554 g/mol. The fourth-order valence-corrected chi connectivity index (χ4v) is 2.43. The van der Waals surface area contributed by atoms with Crippen LogP contribution in [0.3, 0.4) is 0 Å². The number of thioether (sulfide) groups is 1. The molecule has 0 saturated carbocycles. The van der Waals surface area contributed by atoms with Gasteiger partial charge in [-0.05, 0) is 38.2 Å². The molecule has 18 N–H and O–H groups in total. The maximum Gasteiger partial charge on any atom is 0.323 e. The lowest BCUT2D eigenvalue weighted by Crippen LogP contribution is -2.39. The molecule has 0 fully saturated rings. The summed E-state index contributed by atoms with van der Waals surface area (Å²) in [6, 6.07) is -3.51. The summed E-state index contributed by atoms with van der Waals surface area (Å²) >= 11 is 1.60. The minimum Gasteiger partial charge on any atom is -0.480 e. The zero-order chi connectivity index (χ0) is 31.8. The van der Waals surface area contributed by atoms with Gasteiger partial charge < -0.3 is 64.9 Å². The fourth-order valence-electron chi connectivity index (χ4n) is 1.94. The minimum absolute atomic E-state index is 0.0129. The van der Waals surface area contributed by atoms with Crippen molar-refractivity contribution in [3.8, 4) is 0 Å². The van der Waals surface area contributed by atoms with Crippen LogP contribution in [0.5, 0.6) is 0 Å². The quantitative estimate of drug-likeness (QED) is 0.0568. The third-order valence-electron chi connectivity index (χ3n) is 4.35. The van der Waals surface area contributed by atoms with Crippen molar-refractivity contribution in [2.45, 2.75) is 62.9 Å². The van der Waals surface area contributed by atoms with E-state index in [2.05, 4.69) is 15.0 Å². The highest BCUT2D eigenvalue weighted by Gasteiger charge is 2.16. The number of aliphatic hydroxyl groups is 1. The second-order valence-corrected chi connectivity index (χ2v) is 8.94. The van der Waals surface area contributed by atoms with Gasteiger partial charge in [0.1, 0.15) is 24.2 Å². The van der Waals surface area contributed by atoms with Crippen molar-refractivity contribution in [2.75, 3.05) is 18.6 Å². The number of nitrogens with two attached hydrogens (primary N) is 6. The van der Waals surface area contributed by atoms with Gasteiger partial charge in [-0.2, -0.15) is 11.8 Å². The molecule has 5 atom stereocenters. The number of H-pyrrole nitrogens is 1. The van der Waals surface area contributed by atoms with Gasteiger partial charge >= 0.3 is 23.9 Å². The number of carbonyl (C=O) groups is 4. The molecule has 0 saturated heterocycles. The van der Waals surface area contributed by atoms with E-state index in [4.69, 9.17) is 59.9 Å². The summed E-state index contributed by atoms with van der Waals surface area (Å²) in [5.74, 6) is -3.27. The van der Waals surface area contributed by atoms with Crippen molar-refractivity contribution in [1.82, 2.24) is 9.97 Å². The number of imidazole rings is 1. The molecule has 40 heavy (non-hydrogen) atoms. The van der Waals surface area contributed by atoms with E-state index in [0.29, 0.717) is 25.8 Å². The number of hydrogen-bond donors (Lipinski definition) is 12. The fraction of sp³-hybridized carbons (Fsp3) is 0.619. The van der Waals surface area contributed by atoms with Crippen LogP contribution in [-0.4, -0.2) is 114 Å². The van der Waals surface area contributed by atoms with Crippen LogP contribution in [0.2, 0.25) is 0 Å². The third-order valence-corrected chi connectivity index (χ3v) is 5.00. The van der Waals surface area contributed by atoms with Crippen molar-refractivity contribution < 1.29 is 44.7 Å². The van der Waals surface area contributed by atoms with Crippen LogP contribution in [0.25, 0.3) is 0 Å². The van der Waals surface area contributed by atoms with E-state index in [1.54, 1.807) is 18.0 Å². The molecule has 0 amide bonds. The van der Waals surface area contributed by atoms with Crippen LogP contribution < -0.4 is 34.4 Å². The first-order valence-electron chi connectivity index (χ1n) is 11.6. The molecule has 0 aliphatic carbocycles. The number of carboxylic acids is 4. The number of aliphatic hydroxyl groups excluding tert-OH is 1. The average Bonchev–Trinajstić information content (AvgIpc) is 3.38. The number of aliphatic imine (C=N–C) groups is 1. The van der Waals surface area contributed by atoms with Gasteiger partial charge in [0.25, 0.3) is 0 Å². The Morgan fingerprint density at radius 1 is 0.925 bits per heavy atom. The number of nitrogens with one attached hydrogen (secondary N) is 1. The molecule has 1 heterocycles. The van der Waals surface area contributed by atoms with E-state index in [-0.39, 0.29) is 12.4 Å². The molecule has 0 spiro atoms. The topological polar surface area (TPSA) is 367 Å². The van der Waals surface area contributed by atoms with E-state index < -0.39 is 54.1 Å². The first-order chi connectivity index (χ1) is 18.5. The minimum atomic E-state index is -1.18. The number of nitrogens with zero attached hydrogens (tertiary/aromatic N) is 2. The van der Waals surface area contributed by atoms with Crippen molar-refractivity contribution in [2.24, 2.45) is 39.4 Å². The van der Waals surface area contributed by atoms with Crippen LogP contribution in [0.4, 0.5) is 0 Å². The van der Waals surface area contributed by atoms with Crippen molar-refractivity contribution in [3.63, 3.8) is 0 Å². The van der Waals surface area contributed by atoms with Gasteiger partial charge in [0.05, 0.1) is 12.4 Å². The second-order valence-electron chi connectivity index (χ2n) is 7.95. The number of hydrogen-bond acceptors (Lipinski definition) is 12. The van der Waals surface area contributed by atoms with Crippen molar-refractivity contribution in [1.29, 1.82) is 0 Å². The third kappa shape index (κ3) is 26.1. The largest absolute Gasteiger partial charge is 0.480 e. The monoisotopic (exact) mass is 597 g/mol. The maximum absolute atomic E-state index is 10.3. The Labute approximate surface area is 235 Å². The second kappa shape index (κ2) is 24.5. The molecule has 0 aromatic carbocycles. The Kier molecular flexibility index (Phi) is 25.2. The number of rotatable bonds is 14. The van der Waals surface area contributed by atoms with E-state index in [1.165, 1.54) is 13.3 Å². The van der Waals surface area contributed by atoms with Crippen molar-refractivity contribution >= 4 is 41.6 Å². The molecular formula is C21H43N9O9S. The van der Waals surface area contributed by atoms with Crippen LogP contribution in [-0.2, 0) is 25.6 Å². The molecule has 0 aliphatic heterocycles. The molecule has 1 aromatic rings. The lowest BCUT2D eigenvalue weighted by molar-refractivity contribution is -0.141. The summed E-state index contributed by atoms with van der Waals surface area (Å²) in [7, 11) is 0. The highest BCUT2D eigenvalue weighted by molar-refractivity contribution is 7.98. The molecule has 232 valence electrons. The number of guanidine groups is 1. The maximum atomic E-state index is 10.3. The van der Waals surface area contributed by atoms with Gasteiger partial charge in [0.2, 0.25) is 0 Å². The molecule has 0 radical (unpaired) electrons. The Bertz CT molecular complexity index is 870. The summed E-state index contributed by atoms with van der Waals surface area (Å²) in [6.45, 7) is 1.75. The van der Waals surface area contributed by atoms with Gasteiger partial charge in [-0.15, -0.1) is 0 Å². The lowest BCUT2D eigenvalue weighted by atomic mass is 10.2. The highest BCUT2D eigenvalue weighted by Crippen LogP contribution is 1.98. The molecule has 1 rings (SSSR count). The average molecular weight is 598 g/mol. The standard InChI is InChI=1S/C6H14N4O2.C6H9N3O2.C5H11NO2S.C4H9NO3/c7-4(5(11)12)2-1-3-10-6(8)9;7-5(6(10)11)1-4-2-8-3-9-4;1-9-3-2-4(6)5(7)8;1-2(6)3(5)4(7)8/h4H,1-3,7H2,(H,11,12)(H4,8,9,10);2-3,5H,1,7H2,(H,8,9)(H,10,11);4H,2-3,6H2,1H3,(H,7,8);2-3,6H,5H2,1H3,(H,7,8)/t4-;5-;4-;2-,3+/m0001/s1. The summed E-state index contributed by atoms with van der Waals surface area (Å²) < 4.78 is 0. The van der Waals surface area contributed by atoms with Crippen molar-refractivity contribution in [3.05, 3.63) is 18.2 Å². The zero-order valence-corrected chi connectivity index (χ0v) is 23.2. The van der Waals surface area contributed by atoms with Gasteiger partial charge in [0, 0.05) is 24.9 Å². The smallest absolute Gasteiger partial charge is 0.323 e. The zero-order valence-electron chi connectivity index (χ0n) is 22.4. The Morgan fingerprint density at radius 2 is 1.43 bits per heavy atom. The predicted molar refractivity (Wildman–Crippen MR) is 149 cm³/mol. The molecule has 0 aliphatic rings. The van der Waals surface area contributed by atoms with Crippen LogP contribution in [0.1, 0.15) is 31.9 Å². The van der Waals surface area contributed by atoms with Crippen LogP contribution in [0, 0.1) is 0 Å². The van der Waals surface area contributed by atoms with Gasteiger partial charge in [0.15, 0.2) is 5.96 Å². The Balaban J connectivity index is -0.000000462. The normalized spacial score (nSPS) is 13.6. The number of aromatic nitrogens is 2. The van der Waals surface area contributed by atoms with Gasteiger partial charge in [-0.3, -0.25) is 24.2 Å². The first-order valence-corrected chi connectivity index (χ1v) is 13.0. The summed E-state index contributed by atoms with van der Waals surface area (Å²) in [4.78, 5) is 50.6. The summed E-state index contributed by atoms with van der Waals surface area (Å²) in [5.41, 5.74) is 31.4. The number of aliphatic carboxylic acids is 4.